The lowest BCUT2D eigenvalue weighted by atomic mass is 10.1. The van der Waals surface area contributed by atoms with E-state index in [-0.39, 0.29) is 5.56 Å². The Bertz CT molecular complexity index is 565. The Kier molecular flexibility index (Phi) is 5.73. The third-order valence-electron chi connectivity index (χ3n) is 2.64. The van der Waals surface area contributed by atoms with Crippen LogP contribution in [0.4, 0.5) is 10.6 Å². The summed E-state index contributed by atoms with van der Waals surface area (Å²) < 4.78 is 5.10. The van der Waals surface area contributed by atoms with Gasteiger partial charge in [0.2, 0.25) is 0 Å². The van der Waals surface area contributed by atoms with Crippen molar-refractivity contribution < 1.29 is 19.4 Å². The Labute approximate surface area is 130 Å². The van der Waals surface area contributed by atoms with Gasteiger partial charge in [-0.3, -0.25) is 0 Å². The molecule has 0 bridgehead atoms. The van der Waals surface area contributed by atoms with Crippen LogP contribution in [0.3, 0.4) is 0 Å². The number of aryl methyl sites for hydroxylation is 2. The Morgan fingerprint density at radius 2 is 1.91 bits per heavy atom. The molecule has 0 aliphatic heterocycles. The molecule has 7 heteroatoms. The molecule has 0 saturated carbocycles. The first-order chi connectivity index (χ1) is 10.1. The highest BCUT2D eigenvalue weighted by molar-refractivity contribution is 5.94. The molecule has 22 heavy (non-hydrogen) atoms. The summed E-state index contributed by atoms with van der Waals surface area (Å²) in [5.41, 5.74) is 0.957. The molecule has 0 saturated heterocycles. The molecule has 1 aromatic heterocycles. The zero-order valence-corrected chi connectivity index (χ0v) is 13.6. The second-order valence-corrected chi connectivity index (χ2v) is 5.96. The number of amides is 1. The molecular formula is C15H23N3O4. The summed E-state index contributed by atoms with van der Waals surface area (Å²) in [7, 11) is 0. The lowest BCUT2D eigenvalue weighted by Gasteiger charge is -2.19. The number of nitrogens with one attached hydrogen (secondary N) is 2. The second kappa shape index (κ2) is 7.11. The number of pyridine rings is 1. The number of aromatic carboxylic acids is 1. The monoisotopic (exact) mass is 309 g/mol. The Hall–Kier alpha value is -2.31. The molecular weight excluding hydrogens is 286 g/mol. The number of anilines is 1. The number of rotatable bonds is 5. The van der Waals surface area contributed by atoms with Gasteiger partial charge in [-0.25, -0.2) is 14.6 Å². The van der Waals surface area contributed by atoms with Gasteiger partial charge >= 0.3 is 12.1 Å². The first kappa shape index (κ1) is 17.7. The predicted molar refractivity (Wildman–Crippen MR) is 83.4 cm³/mol. The molecule has 0 atom stereocenters. The van der Waals surface area contributed by atoms with E-state index in [0.717, 1.165) is 5.69 Å². The molecule has 3 N–H and O–H groups in total. The number of carbonyl (C=O) groups excluding carboxylic acids is 1. The fraction of sp³-hybridized carbons (Fsp3) is 0.533. The number of carboxylic acids is 1. The van der Waals surface area contributed by atoms with Crippen LogP contribution < -0.4 is 10.6 Å². The summed E-state index contributed by atoms with van der Waals surface area (Å²) in [6.45, 7) is 9.50. The van der Waals surface area contributed by atoms with Crippen LogP contribution in [0.15, 0.2) is 6.07 Å². The number of alkyl carbamates (subject to hydrolysis) is 1. The van der Waals surface area contributed by atoms with E-state index in [1.807, 2.05) is 0 Å². The summed E-state index contributed by atoms with van der Waals surface area (Å²) in [6.07, 6.45) is -0.513. The van der Waals surface area contributed by atoms with Crippen LogP contribution >= 0.6 is 0 Å². The summed E-state index contributed by atoms with van der Waals surface area (Å²) in [5, 5.41) is 14.8. The van der Waals surface area contributed by atoms with Crippen molar-refractivity contribution in [3.05, 3.63) is 22.9 Å². The average Bonchev–Trinajstić information content (AvgIpc) is 2.30. The quantitative estimate of drug-likeness (QED) is 0.722. The second-order valence-electron chi connectivity index (χ2n) is 5.96. The van der Waals surface area contributed by atoms with E-state index in [1.165, 1.54) is 0 Å². The highest BCUT2D eigenvalue weighted by atomic mass is 16.6. The normalized spacial score (nSPS) is 11.0. The summed E-state index contributed by atoms with van der Waals surface area (Å²) in [5.74, 6) is -0.733. The highest BCUT2D eigenvalue weighted by Crippen LogP contribution is 2.18. The maximum atomic E-state index is 11.5. The van der Waals surface area contributed by atoms with Crippen molar-refractivity contribution in [1.29, 1.82) is 0 Å². The summed E-state index contributed by atoms with van der Waals surface area (Å²) in [4.78, 5) is 27.0. The number of carboxylic acid groups (broad SMARTS) is 1. The fourth-order valence-corrected chi connectivity index (χ4v) is 1.89. The van der Waals surface area contributed by atoms with Crippen molar-refractivity contribution >= 4 is 17.9 Å². The number of carbonyl (C=O) groups is 2. The number of aromatic nitrogens is 1. The Morgan fingerprint density at radius 1 is 1.27 bits per heavy atom. The lowest BCUT2D eigenvalue weighted by Crippen LogP contribution is -2.35. The highest BCUT2D eigenvalue weighted by Gasteiger charge is 2.17. The molecule has 1 aromatic rings. The number of ether oxygens (including phenoxy) is 1. The number of hydrogen-bond acceptors (Lipinski definition) is 5. The van der Waals surface area contributed by atoms with Crippen LogP contribution in [0.1, 0.15) is 42.4 Å². The molecule has 0 aromatic carbocycles. The minimum atomic E-state index is -1.03. The molecule has 0 aliphatic carbocycles. The van der Waals surface area contributed by atoms with Crippen LogP contribution in [0, 0.1) is 13.8 Å². The zero-order valence-electron chi connectivity index (χ0n) is 13.6. The van der Waals surface area contributed by atoms with E-state index in [4.69, 9.17) is 4.74 Å². The molecule has 122 valence electrons. The summed E-state index contributed by atoms with van der Waals surface area (Å²) >= 11 is 0. The van der Waals surface area contributed by atoms with Gasteiger partial charge in [-0.2, -0.15) is 0 Å². The summed E-state index contributed by atoms with van der Waals surface area (Å²) in [6, 6.07) is 1.72. The van der Waals surface area contributed by atoms with Crippen LogP contribution in [0.5, 0.6) is 0 Å². The number of nitrogens with zero attached hydrogens (tertiary/aromatic N) is 1. The molecule has 7 nitrogen and oxygen atoms in total. The minimum Gasteiger partial charge on any atom is -0.478 e. The van der Waals surface area contributed by atoms with Gasteiger partial charge < -0.3 is 20.5 Å². The van der Waals surface area contributed by atoms with E-state index in [1.54, 1.807) is 40.7 Å². The van der Waals surface area contributed by atoms with Gasteiger partial charge in [0.25, 0.3) is 0 Å². The molecule has 0 unspecified atom stereocenters. The van der Waals surface area contributed by atoms with Crippen LogP contribution in [0.25, 0.3) is 0 Å². The average molecular weight is 309 g/mol. The van der Waals surface area contributed by atoms with Gasteiger partial charge in [-0.15, -0.1) is 0 Å². The van der Waals surface area contributed by atoms with Crippen molar-refractivity contribution in [3.8, 4) is 0 Å². The van der Waals surface area contributed by atoms with Crippen LogP contribution in [-0.4, -0.2) is 40.8 Å². The molecule has 0 radical (unpaired) electrons. The van der Waals surface area contributed by atoms with Gasteiger partial charge in [-0.05, 0) is 46.2 Å². The van der Waals surface area contributed by atoms with Gasteiger partial charge in [0.15, 0.2) is 0 Å². The first-order valence-corrected chi connectivity index (χ1v) is 7.02. The van der Waals surface area contributed by atoms with Crippen molar-refractivity contribution in [1.82, 2.24) is 10.3 Å². The predicted octanol–water partition coefficient (Wildman–Crippen LogP) is 2.33. The standard InChI is InChI=1S/C15H23N3O4/c1-9-8-10(2)18-12(11(9)13(19)20)16-6-7-17-14(21)22-15(3,4)5/h8H,6-7H2,1-5H3,(H,16,18)(H,17,21)(H,19,20). The van der Waals surface area contributed by atoms with Crippen LogP contribution in [0.2, 0.25) is 0 Å². The Balaban J connectivity index is 2.59. The molecule has 0 spiro atoms. The van der Waals surface area contributed by atoms with Crippen molar-refractivity contribution in [2.24, 2.45) is 0 Å². The first-order valence-electron chi connectivity index (χ1n) is 7.02. The van der Waals surface area contributed by atoms with Gasteiger partial charge in [0.05, 0.1) is 0 Å². The van der Waals surface area contributed by atoms with E-state index < -0.39 is 17.7 Å². The number of hydrogen-bond donors (Lipinski definition) is 3. The van der Waals surface area contributed by atoms with Crippen molar-refractivity contribution in [2.75, 3.05) is 18.4 Å². The fourth-order valence-electron chi connectivity index (χ4n) is 1.89. The third-order valence-corrected chi connectivity index (χ3v) is 2.64. The maximum absolute atomic E-state index is 11.5. The molecule has 1 heterocycles. The van der Waals surface area contributed by atoms with E-state index in [9.17, 15) is 14.7 Å². The molecule has 1 amide bonds. The van der Waals surface area contributed by atoms with Gasteiger partial charge in [0.1, 0.15) is 17.0 Å². The molecule has 0 fully saturated rings. The lowest BCUT2D eigenvalue weighted by molar-refractivity contribution is 0.0529. The van der Waals surface area contributed by atoms with Crippen molar-refractivity contribution in [3.63, 3.8) is 0 Å². The Morgan fingerprint density at radius 3 is 2.45 bits per heavy atom. The SMILES string of the molecule is Cc1cc(C)c(C(=O)O)c(NCCNC(=O)OC(C)(C)C)n1. The largest absolute Gasteiger partial charge is 0.478 e. The van der Waals surface area contributed by atoms with Gasteiger partial charge in [0, 0.05) is 18.8 Å². The third kappa shape index (κ3) is 5.59. The smallest absolute Gasteiger partial charge is 0.407 e. The maximum Gasteiger partial charge on any atom is 0.407 e. The minimum absolute atomic E-state index is 0.142. The molecule has 1 rings (SSSR count). The topological polar surface area (TPSA) is 101 Å². The van der Waals surface area contributed by atoms with E-state index in [2.05, 4.69) is 15.6 Å². The zero-order chi connectivity index (χ0) is 16.9. The van der Waals surface area contributed by atoms with Crippen LogP contribution in [-0.2, 0) is 4.74 Å². The molecule has 0 aliphatic rings. The van der Waals surface area contributed by atoms with Crippen molar-refractivity contribution in [2.45, 2.75) is 40.2 Å². The van der Waals surface area contributed by atoms with Gasteiger partial charge in [-0.1, -0.05) is 0 Å². The van der Waals surface area contributed by atoms with E-state index in [0.29, 0.717) is 24.5 Å². The van der Waals surface area contributed by atoms with E-state index >= 15 is 0 Å².